The summed E-state index contributed by atoms with van der Waals surface area (Å²) in [6.45, 7) is 0. The van der Waals surface area contributed by atoms with Crippen molar-refractivity contribution < 1.29 is 0 Å². The maximum Gasteiger partial charge on any atom is 0.140 e. The van der Waals surface area contributed by atoms with E-state index in [0.29, 0.717) is 5.69 Å². The molecule has 1 aromatic carbocycles. The molecule has 3 aromatic rings. The number of rotatable bonds is 4. The molecule has 2 heterocycles. The van der Waals surface area contributed by atoms with Crippen LogP contribution in [0.4, 0.5) is 0 Å². The van der Waals surface area contributed by atoms with Gasteiger partial charge >= 0.3 is 0 Å². The van der Waals surface area contributed by atoms with Gasteiger partial charge in [-0.2, -0.15) is 5.26 Å². The van der Waals surface area contributed by atoms with E-state index in [1.165, 1.54) is 0 Å². The SMILES string of the molecule is Cn1cc(-c2ccccc2)nc1CCc1cccc(C#N)n1. The first kappa shape index (κ1) is 14.0. The van der Waals surface area contributed by atoms with Gasteiger partial charge in [0.2, 0.25) is 0 Å². The third-order valence-electron chi connectivity index (χ3n) is 3.57. The summed E-state index contributed by atoms with van der Waals surface area (Å²) in [5.74, 6) is 1.02. The van der Waals surface area contributed by atoms with Gasteiger partial charge in [0.05, 0.1) is 5.69 Å². The summed E-state index contributed by atoms with van der Waals surface area (Å²) in [5.41, 5.74) is 3.48. The fourth-order valence-electron chi connectivity index (χ4n) is 2.41. The van der Waals surface area contributed by atoms with Crippen LogP contribution in [-0.4, -0.2) is 14.5 Å². The van der Waals surface area contributed by atoms with Crippen LogP contribution in [0.25, 0.3) is 11.3 Å². The Morgan fingerprint density at radius 3 is 2.59 bits per heavy atom. The Hall–Kier alpha value is -2.93. The Morgan fingerprint density at radius 2 is 1.82 bits per heavy atom. The molecule has 0 N–H and O–H groups in total. The van der Waals surface area contributed by atoms with Crippen molar-refractivity contribution in [1.82, 2.24) is 14.5 Å². The summed E-state index contributed by atoms with van der Waals surface area (Å²) in [7, 11) is 2.01. The summed E-state index contributed by atoms with van der Waals surface area (Å²) < 4.78 is 2.05. The molecule has 0 bridgehead atoms. The molecule has 0 radical (unpaired) electrons. The van der Waals surface area contributed by atoms with Gasteiger partial charge in [-0.15, -0.1) is 0 Å². The highest BCUT2D eigenvalue weighted by Crippen LogP contribution is 2.18. The molecule has 0 atom stereocenters. The van der Waals surface area contributed by atoms with Crippen LogP contribution in [0.5, 0.6) is 0 Å². The maximum absolute atomic E-state index is 8.89. The van der Waals surface area contributed by atoms with Gasteiger partial charge in [-0.1, -0.05) is 36.4 Å². The lowest BCUT2D eigenvalue weighted by Crippen LogP contribution is -2.01. The molecule has 0 saturated carbocycles. The molecule has 0 amide bonds. The lowest BCUT2D eigenvalue weighted by Gasteiger charge is -2.01. The predicted octanol–water partition coefficient (Wildman–Crippen LogP) is 3.14. The molecule has 0 unspecified atom stereocenters. The summed E-state index contributed by atoms with van der Waals surface area (Å²) in [6.07, 6.45) is 3.61. The van der Waals surface area contributed by atoms with Crippen molar-refractivity contribution in [3.05, 3.63) is 71.9 Å². The van der Waals surface area contributed by atoms with Gasteiger partial charge in [0.25, 0.3) is 0 Å². The second-order valence-corrected chi connectivity index (χ2v) is 5.15. The fourth-order valence-corrected chi connectivity index (χ4v) is 2.41. The zero-order valence-electron chi connectivity index (χ0n) is 12.4. The quantitative estimate of drug-likeness (QED) is 0.741. The Balaban J connectivity index is 1.76. The van der Waals surface area contributed by atoms with Crippen LogP contribution in [0, 0.1) is 11.3 Å². The van der Waals surface area contributed by atoms with Gasteiger partial charge in [-0.3, -0.25) is 0 Å². The van der Waals surface area contributed by atoms with Crippen LogP contribution in [0.15, 0.2) is 54.7 Å². The standard InChI is InChI=1S/C18H16N4/c1-22-13-17(14-6-3-2-4-7-14)21-18(22)11-10-15-8-5-9-16(12-19)20-15/h2-9,13H,10-11H2,1H3. The predicted molar refractivity (Wildman–Crippen MR) is 85.0 cm³/mol. The third kappa shape index (κ3) is 3.04. The largest absolute Gasteiger partial charge is 0.337 e. The molecule has 0 aliphatic rings. The van der Waals surface area contributed by atoms with Crippen LogP contribution in [0.3, 0.4) is 0 Å². The first-order valence-electron chi connectivity index (χ1n) is 7.20. The van der Waals surface area contributed by atoms with E-state index < -0.39 is 0 Å². The Bertz CT molecular complexity index is 813. The van der Waals surface area contributed by atoms with E-state index in [2.05, 4.69) is 27.8 Å². The van der Waals surface area contributed by atoms with Crippen LogP contribution in [0.2, 0.25) is 0 Å². The summed E-state index contributed by atoms with van der Waals surface area (Å²) in [6, 6.07) is 17.8. The number of imidazole rings is 1. The molecular weight excluding hydrogens is 272 g/mol. The summed E-state index contributed by atoms with van der Waals surface area (Å²) >= 11 is 0. The Labute approximate surface area is 129 Å². The molecule has 0 aliphatic heterocycles. The molecule has 0 fully saturated rings. The van der Waals surface area contributed by atoms with E-state index in [1.54, 1.807) is 6.07 Å². The van der Waals surface area contributed by atoms with Crippen LogP contribution in [0.1, 0.15) is 17.2 Å². The van der Waals surface area contributed by atoms with Crippen molar-refractivity contribution in [2.45, 2.75) is 12.8 Å². The highest BCUT2D eigenvalue weighted by molar-refractivity contribution is 5.58. The molecule has 4 nitrogen and oxygen atoms in total. The zero-order valence-corrected chi connectivity index (χ0v) is 12.4. The van der Waals surface area contributed by atoms with Gasteiger partial charge < -0.3 is 4.57 Å². The van der Waals surface area contributed by atoms with E-state index in [9.17, 15) is 0 Å². The molecule has 22 heavy (non-hydrogen) atoms. The smallest absolute Gasteiger partial charge is 0.140 e. The fraction of sp³-hybridized carbons (Fsp3) is 0.167. The van der Waals surface area contributed by atoms with Gasteiger partial charge in [0, 0.05) is 30.9 Å². The first-order valence-corrected chi connectivity index (χ1v) is 7.20. The molecule has 3 rings (SSSR count). The topological polar surface area (TPSA) is 54.5 Å². The molecule has 0 spiro atoms. The van der Waals surface area contributed by atoms with Crippen molar-refractivity contribution >= 4 is 0 Å². The third-order valence-corrected chi connectivity index (χ3v) is 3.57. The van der Waals surface area contributed by atoms with E-state index in [-0.39, 0.29) is 0 Å². The highest BCUT2D eigenvalue weighted by atomic mass is 15.0. The minimum Gasteiger partial charge on any atom is -0.337 e. The molecule has 2 aromatic heterocycles. The Kier molecular flexibility index (Phi) is 3.97. The average molecular weight is 288 g/mol. The van der Waals surface area contributed by atoms with E-state index in [1.807, 2.05) is 43.6 Å². The lowest BCUT2D eigenvalue weighted by molar-refractivity contribution is 0.761. The van der Waals surface area contributed by atoms with Gasteiger partial charge in [0.1, 0.15) is 17.6 Å². The van der Waals surface area contributed by atoms with Crippen molar-refractivity contribution in [2.75, 3.05) is 0 Å². The normalized spacial score (nSPS) is 10.4. The van der Waals surface area contributed by atoms with Crippen molar-refractivity contribution in [3.63, 3.8) is 0 Å². The second kappa shape index (κ2) is 6.23. The first-order chi connectivity index (χ1) is 10.8. The lowest BCUT2D eigenvalue weighted by atomic mass is 10.2. The number of aromatic nitrogens is 3. The minimum atomic E-state index is 0.460. The van der Waals surface area contributed by atoms with E-state index in [4.69, 9.17) is 10.2 Å². The van der Waals surface area contributed by atoms with Gasteiger partial charge in [-0.25, -0.2) is 9.97 Å². The number of hydrogen-bond acceptors (Lipinski definition) is 3. The zero-order chi connectivity index (χ0) is 15.4. The molecular formula is C18H16N4. The monoisotopic (exact) mass is 288 g/mol. The number of nitrogens with zero attached hydrogens (tertiary/aromatic N) is 4. The average Bonchev–Trinajstić information content (AvgIpc) is 2.95. The summed E-state index contributed by atoms with van der Waals surface area (Å²) in [5, 5.41) is 8.89. The number of benzene rings is 1. The van der Waals surface area contributed by atoms with Crippen molar-refractivity contribution in [3.8, 4) is 17.3 Å². The molecule has 4 heteroatoms. The van der Waals surface area contributed by atoms with Gasteiger partial charge in [-0.05, 0) is 18.6 Å². The van der Waals surface area contributed by atoms with E-state index >= 15 is 0 Å². The number of hydrogen-bond donors (Lipinski definition) is 0. The molecule has 108 valence electrons. The van der Waals surface area contributed by atoms with Crippen LogP contribution < -0.4 is 0 Å². The maximum atomic E-state index is 8.89. The highest BCUT2D eigenvalue weighted by Gasteiger charge is 2.08. The number of pyridine rings is 1. The van der Waals surface area contributed by atoms with Crippen molar-refractivity contribution in [2.24, 2.45) is 7.05 Å². The minimum absolute atomic E-state index is 0.460. The van der Waals surface area contributed by atoms with Gasteiger partial charge in [0.15, 0.2) is 0 Å². The second-order valence-electron chi connectivity index (χ2n) is 5.15. The van der Waals surface area contributed by atoms with E-state index in [0.717, 1.165) is 35.6 Å². The Morgan fingerprint density at radius 1 is 1.00 bits per heavy atom. The molecule has 0 aliphatic carbocycles. The number of nitriles is 1. The van der Waals surface area contributed by atoms with Crippen molar-refractivity contribution in [1.29, 1.82) is 5.26 Å². The van der Waals surface area contributed by atoms with Crippen LogP contribution >= 0.6 is 0 Å². The summed E-state index contributed by atoms with van der Waals surface area (Å²) in [4.78, 5) is 9.01. The van der Waals surface area contributed by atoms with Crippen LogP contribution in [-0.2, 0) is 19.9 Å². The molecule has 0 saturated heterocycles. The number of aryl methyl sites for hydroxylation is 3.